The third-order valence-electron chi connectivity index (χ3n) is 4.04. The molecule has 27 heavy (non-hydrogen) atoms. The monoisotopic (exact) mass is 357 g/mol. The molecule has 0 amide bonds. The third-order valence-corrected chi connectivity index (χ3v) is 4.04. The van der Waals surface area contributed by atoms with Gasteiger partial charge in [-0.05, 0) is 50.7 Å². The van der Waals surface area contributed by atoms with Crippen LogP contribution in [0.15, 0.2) is 76.3 Å². The van der Waals surface area contributed by atoms with Gasteiger partial charge in [0.1, 0.15) is 13.6 Å². The molecule has 0 fully saturated rings. The number of para-hydroxylation sites is 1. The first-order chi connectivity index (χ1) is 12.9. The Kier molecular flexibility index (Phi) is 7.18. The fraction of sp³-hybridized carbons (Fsp3) is 0.182. The second-order valence-corrected chi connectivity index (χ2v) is 6.31. The second kappa shape index (κ2) is 9.58. The maximum atomic E-state index is 10.2. The van der Waals surface area contributed by atoms with E-state index in [9.17, 15) is 5.11 Å². The van der Waals surface area contributed by atoms with Gasteiger partial charge in [-0.3, -0.25) is 9.98 Å². The van der Waals surface area contributed by atoms with E-state index in [1.54, 1.807) is 25.1 Å². The van der Waals surface area contributed by atoms with E-state index in [0.717, 1.165) is 11.3 Å². The molecule has 0 aliphatic carbocycles. The maximum absolute atomic E-state index is 10.2. The molecule has 0 aliphatic heterocycles. The van der Waals surface area contributed by atoms with Gasteiger partial charge in [-0.15, -0.1) is 0 Å². The summed E-state index contributed by atoms with van der Waals surface area (Å²) in [6.07, 6.45) is 3.14. The predicted octanol–water partition coefficient (Wildman–Crippen LogP) is 4.13. The average molecular weight is 357 g/mol. The van der Waals surface area contributed by atoms with Gasteiger partial charge in [0.05, 0.1) is 12.2 Å². The van der Waals surface area contributed by atoms with Crippen molar-refractivity contribution >= 4 is 25.0 Å². The SMILES string of the molecule is [B]C(=CN)C(C)=NC(=CC(C)=NCc1ccc(C)cc1)c1ccccc1O. The van der Waals surface area contributed by atoms with Crippen LogP contribution in [0.1, 0.15) is 30.5 Å². The molecule has 0 aliphatic rings. The second-order valence-electron chi connectivity index (χ2n) is 6.31. The molecule has 3 N–H and O–H groups in total. The fourth-order valence-corrected chi connectivity index (χ4v) is 2.38. The number of phenolic OH excluding ortho intramolecular Hbond substituents is 1. The zero-order chi connectivity index (χ0) is 19.8. The van der Waals surface area contributed by atoms with Crippen LogP contribution < -0.4 is 5.73 Å². The first-order valence-corrected chi connectivity index (χ1v) is 8.70. The Balaban J connectivity index is 2.38. The Hall–Kier alpha value is -3.08. The van der Waals surface area contributed by atoms with Crippen molar-refractivity contribution in [3.05, 3.63) is 83.0 Å². The Morgan fingerprint density at radius 1 is 1.11 bits per heavy atom. The summed E-state index contributed by atoms with van der Waals surface area (Å²) >= 11 is 0. The lowest BCUT2D eigenvalue weighted by atomic mass is 9.92. The van der Waals surface area contributed by atoms with Crippen LogP contribution in [-0.4, -0.2) is 24.4 Å². The van der Waals surface area contributed by atoms with Crippen molar-refractivity contribution in [2.45, 2.75) is 27.3 Å². The van der Waals surface area contributed by atoms with E-state index in [1.807, 2.05) is 19.1 Å². The van der Waals surface area contributed by atoms with Gasteiger partial charge in [0.25, 0.3) is 0 Å². The highest BCUT2D eigenvalue weighted by Gasteiger charge is 2.07. The molecule has 0 atom stereocenters. The molecule has 2 radical (unpaired) electrons. The van der Waals surface area contributed by atoms with Gasteiger partial charge >= 0.3 is 0 Å². The number of phenols is 1. The molecule has 136 valence electrons. The maximum Gasteiger partial charge on any atom is 0.124 e. The molecule has 2 aromatic rings. The summed E-state index contributed by atoms with van der Waals surface area (Å²) in [7, 11) is 5.84. The van der Waals surface area contributed by atoms with Crippen LogP contribution in [0, 0.1) is 6.92 Å². The lowest BCUT2D eigenvalue weighted by Crippen LogP contribution is -2.02. The Bertz CT molecular complexity index is 909. The number of aromatic hydroxyl groups is 1. The smallest absolute Gasteiger partial charge is 0.124 e. The van der Waals surface area contributed by atoms with E-state index >= 15 is 0 Å². The van der Waals surface area contributed by atoms with Gasteiger partial charge in [0, 0.05) is 17.0 Å². The van der Waals surface area contributed by atoms with E-state index in [1.165, 1.54) is 11.8 Å². The molecule has 0 aromatic heterocycles. The number of nitrogens with two attached hydrogens (primary N) is 1. The summed E-state index contributed by atoms with van der Waals surface area (Å²) < 4.78 is 0. The topological polar surface area (TPSA) is 71.0 Å². The first kappa shape index (κ1) is 20.2. The predicted molar refractivity (Wildman–Crippen MR) is 115 cm³/mol. The molecule has 0 bridgehead atoms. The van der Waals surface area contributed by atoms with Crippen LogP contribution in [0.3, 0.4) is 0 Å². The summed E-state index contributed by atoms with van der Waals surface area (Å²) in [6.45, 7) is 6.30. The largest absolute Gasteiger partial charge is 0.507 e. The number of benzene rings is 2. The van der Waals surface area contributed by atoms with Gasteiger partial charge in [-0.1, -0.05) is 47.4 Å². The average Bonchev–Trinajstić information content (AvgIpc) is 2.66. The minimum Gasteiger partial charge on any atom is -0.507 e. The standard InChI is InChI=1S/C22H24BN3O/c1-15-8-10-18(11-9-15)14-25-16(2)12-21(26-17(3)20(23)13-24)19-6-4-5-7-22(19)27/h4-13,27H,14,24H2,1-3H3. The Morgan fingerprint density at radius 3 is 2.41 bits per heavy atom. The van der Waals surface area contributed by atoms with E-state index in [4.69, 9.17) is 13.6 Å². The van der Waals surface area contributed by atoms with Crippen molar-refractivity contribution in [1.82, 2.24) is 0 Å². The summed E-state index contributed by atoms with van der Waals surface area (Å²) in [4.78, 5) is 9.16. The highest BCUT2D eigenvalue weighted by Crippen LogP contribution is 2.26. The number of allylic oxidation sites excluding steroid dienone is 2. The van der Waals surface area contributed by atoms with Crippen molar-refractivity contribution in [2.75, 3.05) is 0 Å². The molecule has 0 saturated carbocycles. The molecular formula is C22H24BN3O. The van der Waals surface area contributed by atoms with Crippen molar-refractivity contribution in [1.29, 1.82) is 0 Å². The van der Waals surface area contributed by atoms with E-state index in [0.29, 0.717) is 29.0 Å². The minimum atomic E-state index is 0.141. The van der Waals surface area contributed by atoms with E-state index < -0.39 is 0 Å². The Morgan fingerprint density at radius 2 is 1.78 bits per heavy atom. The van der Waals surface area contributed by atoms with Gasteiger partial charge in [0.15, 0.2) is 0 Å². The first-order valence-electron chi connectivity index (χ1n) is 8.70. The molecule has 0 spiro atoms. The summed E-state index contributed by atoms with van der Waals surface area (Å²) in [6, 6.07) is 15.3. The van der Waals surface area contributed by atoms with Crippen molar-refractivity contribution in [2.24, 2.45) is 15.7 Å². The van der Waals surface area contributed by atoms with Gasteiger partial charge < -0.3 is 10.8 Å². The van der Waals surface area contributed by atoms with E-state index in [2.05, 4.69) is 41.2 Å². The third kappa shape index (κ3) is 5.99. The number of aliphatic imine (C=N–C) groups is 2. The number of rotatable bonds is 6. The molecule has 0 unspecified atom stereocenters. The highest BCUT2D eigenvalue weighted by molar-refractivity contribution is 6.38. The molecule has 2 rings (SSSR count). The molecule has 0 saturated heterocycles. The quantitative estimate of drug-likeness (QED) is 0.603. The van der Waals surface area contributed by atoms with Crippen LogP contribution in [0.4, 0.5) is 0 Å². The van der Waals surface area contributed by atoms with Crippen LogP contribution in [-0.2, 0) is 6.54 Å². The van der Waals surface area contributed by atoms with Gasteiger partial charge in [-0.25, -0.2) is 0 Å². The number of hydrogen-bond donors (Lipinski definition) is 2. The van der Waals surface area contributed by atoms with Crippen molar-refractivity contribution in [3.63, 3.8) is 0 Å². The normalized spacial score (nSPS) is 13.7. The zero-order valence-electron chi connectivity index (χ0n) is 16.0. The van der Waals surface area contributed by atoms with Crippen molar-refractivity contribution < 1.29 is 5.11 Å². The number of aryl methyl sites for hydroxylation is 1. The molecular weight excluding hydrogens is 333 g/mol. The van der Waals surface area contributed by atoms with Crippen LogP contribution in [0.2, 0.25) is 0 Å². The summed E-state index contributed by atoms with van der Waals surface area (Å²) in [5.74, 6) is 0.141. The van der Waals surface area contributed by atoms with Gasteiger partial charge in [-0.2, -0.15) is 0 Å². The van der Waals surface area contributed by atoms with E-state index in [-0.39, 0.29) is 5.75 Å². The molecule has 2 aromatic carbocycles. The molecule has 5 heteroatoms. The minimum absolute atomic E-state index is 0.141. The highest BCUT2D eigenvalue weighted by atomic mass is 16.3. The molecule has 4 nitrogen and oxygen atoms in total. The summed E-state index contributed by atoms with van der Waals surface area (Å²) in [5, 5.41) is 10.2. The number of hydrogen-bond acceptors (Lipinski definition) is 4. The van der Waals surface area contributed by atoms with Crippen LogP contribution in [0.25, 0.3) is 5.70 Å². The zero-order valence-corrected chi connectivity index (χ0v) is 16.0. The summed E-state index contributed by atoms with van der Waals surface area (Å²) in [5.41, 5.74) is 10.7. The van der Waals surface area contributed by atoms with Crippen LogP contribution in [0.5, 0.6) is 5.75 Å². The number of nitrogens with zero attached hydrogens (tertiary/aromatic N) is 2. The lowest BCUT2D eigenvalue weighted by molar-refractivity contribution is 0.473. The van der Waals surface area contributed by atoms with Gasteiger partial charge in [0.2, 0.25) is 0 Å². The molecule has 0 heterocycles. The Labute approximate surface area is 162 Å². The van der Waals surface area contributed by atoms with Crippen LogP contribution >= 0.6 is 0 Å². The fourth-order valence-electron chi connectivity index (χ4n) is 2.38. The lowest BCUT2D eigenvalue weighted by Gasteiger charge is -2.08. The van der Waals surface area contributed by atoms with Crippen molar-refractivity contribution in [3.8, 4) is 5.75 Å².